The van der Waals surface area contributed by atoms with Gasteiger partial charge in [0.15, 0.2) is 5.78 Å². The second-order valence-electron chi connectivity index (χ2n) is 10.8. The fraction of sp³-hybridized carbons (Fsp3) is 0.667. The lowest BCUT2D eigenvalue weighted by Crippen LogP contribution is -2.51. The minimum absolute atomic E-state index is 0.0392. The molecule has 3 rings (SSSR count). The van der Waals surface area contributed by atoms with Crippen LogP contribution < -0.4 is 0 Å². The molecule has 3 aliphatic rings. The number of fused-ring (bicyclic) bond motifs is 1. The normalized spacial score (nSPS) is 38.4. The molecule has 0 aromatic heterocycles. The van der Waals surface area contributed by atoms with Gasteiger partial charge in [-0.15, -0.1) is 0 Å². The van der Waals surface area contributed by atoms with Gasteiger partial charge in [-0.1, -0.05) is 51.0 Å². The van der Waals surface area contributed by atoms with Gasteiger partial charge in [0.2, 0.25) is 0 Å². The van der Waals surface area contributed by atoms with Gasteiger partial charge in [0.1, 0.15) is 11.3 Å². The van der Waals surface area contributed by atoms with Gasteiger partial charge in [-0.3, -0.25) is 14.4 Å². The van der Waals surface area contributed by atoms with Crippen LogP contribution in [0.25, 0.3) is 0 Å². The van der Waals surface area contributed by atoms with Crippen molar-refractivity contribution in [2.24, 2.45) is 28.6 Å². The number of nitrogens with zero attached hydrogens (tertiary/aromatic N) is 1. The topological polar surface area (TPSA) is 83.9 Å². The lowest BCUT2D eigenvalue weighted by molar-refractivity contribution is -0.141. The highest BCUT2D eigenvalue weighted by Gasteiger charge is 2.58. The number of methoxy groups -OCH3 is 1. The van der Waals surface area contributed by atoms with Crippen molar-refractivity contribution in [1.82, 2.24) is 4.90 Å². The van der Waals surface area contributed by atoms with Crippen LogP contribution in [0.15, 0.2) is 35.1 Å². The van der Waals surface area contributed by atoms with E-state index in [9.17, 15) is 19.5 Å². The molecule has 1 heterocycles. The zero-order valence-corrected chi connectivity index (χ0v) is 21.1. The molecule has 182 valence electrons. The number of amides is 1. The molecule has 1 amide bonds. The van der Waals surface area contributed by atoms with Crippen LogP contribution in [0.4, 0.5) is 0 Å². The predicted molar refractivity (Wildman–Crippen MR) is 127 cm³/mol. The first-order valence-corrected chi connectivity index (χ1v) is 12.1. The average molecular weight is 458 g/mol. The van der Waals surface area contributed by atoms with Crippen LogP contribution in [0.5, 0.6) is 0 Å². The third kappa shape index (κ3) is 4.06. The quantitative estimate of drug-likeness (QED) is 0.211. The number of Topliss-reactive ketones (excluding diaryl/α,β-unsaturated/α-hetero) is 1. The van der Waals surface area contributed by atoms with E-state index in [4.69, 9.17) is 4.74 Å². The smallest absolute Gasteiger partial charge is 0.305 e. The summed E-state index contributed by atoms with van der Waals surface area (Å²) in [5.74, 6) is -0.818. The van der Waals surface area contributed by atoms with Crippen LogP contribution >= 0.6 is 0 Å². The summed E-state index contributed by atoms with van der Waals surface area (Å²) >= 11 is 0. The number of hydrogen-bond donors (Lipinski definition) is 1. The largest absolute Gasteiger partial charge is 0.511 e. The summed E-state index contributed by atoms with van der Waals surface area (Å²) in [6.07, 6.45) is 9.64. The molecule has 2 aliphatic carbocycles. The van der Waals surface area contributed by atoms with Crippen LogP contribution in [-0.2, 0) is 19.1 Å². The van der Waals surface area contributed by atoms with Crippen molar-refractivity contribution in [3.63, 3.8) is 0 Å². The first-order chi connectivity index (χ1) is 15.4. The monoisotopic (exact) mass is 457 g/mol. The van der Waals surface area contributed by atoms with Crippen molar-refractivity contribution >= 4 is 17.7 Å². The van der Waals surface area contributed by atoms with E-state index < -0.39 is 29.1 Å². The summed E-state index contributed by atoms with van der Waals surface area (Å²) in [6, 6.07) is -0.768. The number of ether oxygens (including phenoxy) is 1. The van der Waals surface area contributed by atoms with Crippen LogP contribution in [0.3, 0.4) is 0 Å². The van der Waals surface area contributed by atoms with Gasteiger partial charge >= 0.3 is 5.97 Å². The van der Waals surface area contributed by atoms with Crippen molar-refractivity contribution < 1.29 is 24.2 Å². The molecule has 2 unspecified atom stereocenters. The van der Waals surface area contributed by atoms with E-state index in [1.54, 1.807) is 7.05 Å². The maximum atomic E-state index is 13.4. The minimum Gasteiger partial charge on any atom is -0.511 e. The van der Waals surface area contributed by atoms with Crippen LogP contribution in [-0.4, -0.2) is 47.9 Å². The maximum Gasteiger partial charge on any atom is 0.305 e. The molecule has 6 atom stereocenters. The number of allylic oxidation sites excluding steroid dienone is 5. The Labute approximate surface area is 197 Å². The lowest BCUT2D eigenvalue weighted by Gasteiger charge is -2.57. The highest BCUT2D eigenvalue weighted by Crippen LogP contribution is 2.62. The highest BCUT2D eigenvalue weighted by atomic mass is 16.5. The second-order valence-corrected chi connectivity index (χ2v) is 10.8. The molecular weight excluding hydrogens is 418 g/mol. The molecule has 6 nitrogen and oxygen atoms in total. The van der Waals surface area contributed by atoms with E-state index in [1.165, 1.54) is 12.0 Å². The molecule has 1 N–H and O–H groups in total. The summed E-state index contributed by atoms with van der Waals surface area (Å²) in [6.45, 7) is 10.6. The summed E-state index contributed by atoms with van der Waals surface area (Å²) in [4.78, 5) is 39.7. The molecular formula is C27H39NO5. The molecule has 1 aliphatic heterocycles. The van der Waals surface area contributed by atoms with E-state index in [1.807, 2.05) is 19.9 Å². The molecule has 0 aromatic rings. The SMILES string of the molecule is C/C=C/[C@H]1C(C)=C[C@@]2(C)C[C@H](C)CCC2[C@]1(C)/C(O)=C1\C(=O)C(CCC(=O)OC)N(C)C1=O. The van der Waals surface area contributed by atoms with Crippen LogP contribution in [0, 0.1) is 28.6 Å². The van der Waals surface area contributed by atoms with Gasteiger partial charge in [0, 0.05) is 24.8 Å². The van der Waals surface area contributed by atoms with E-state index >= 15 is 0 Å². The van der Waals surface area contributed by atoms with Crippen molar-refractivity contribution in [3.8, 4) is 0 Å². The maximum absolute atomic E-state index is 13.4. The number of rotatable bonds is 5. The molecule has 1 saturated heterocycles. The third-order valence-electron chi connectivity index (χ3n) is 8.48. The molecule has 33 heavy (non-hydrogen) atoms. The zero-order chi connectivity index (χ0) is 24.7. The Balaban J connectivity index is 2.13. The van der Waals surface area contributed by atoms with Gasteiger partial charge in [0.05, 0.1) is 13.2 Å². The van der Waals surface area contributed by atoms with Gasteiger partial charge in [-0.25, -0.2) is 0 Å². The first kappa shape index (κ1) is 25.3. The van der Waals surface area contributed by atoms with Crippen molar-refractivity contribution in [2.45, 2.75) is 72.8 Å². The Kier molecular flexibility index (Phi) is 6.97. The van der Waals surface area contributed by atoms with Crippen molar-refractivity contribution in [2.75, 3.05) is 14.2 Å². The third-order valence-corrected chi connectivity index (χ3v) is 8.48. The molecule has 6 heteroatoms. The fourth-order valence-electron chi connectivity index (χ4n) is 7.01. The standard InChI is InChI=1S/C27H39NO5/c1-8-9-18-17(3)15-26(4)14-16(2)10-12-20(26)27(18,5)24(31)22-23(30)19(28(6)25(22)32)11-13-21(29)33-7/h8-9,15-16,18-20,31H,10-14H2,1-7H3/b9-8+,24-22-/t16-,18+,19?,20?,26-,27-/m1/s1. The van der Waals surface area contributed by atoms with Gasteiger partial charge in [0.25, 0.3) is 5.91 Å². The minimum atomic E-state index is -0.779. The van der Waals surface area contributed by atoms with Crippen LogP contribution in [0.2, 0.25) is 0 Å². The van der Waals surface area contributed by atoms with Gasteiger partial charge in [-0.05, 0) is 50.4 Å². The van der Waals surface area contributed by atoms with Crippen molar-refractivity contribution in [1.29, 1.82) is 0 Å². The van der Waals surface area contributed by atoms with E-state index in [2.05, 4.69) is 32.9 Å². The number of esters is 1. The number of hydrogen-bond acceptors (Lipinski definition) is 5. The summed E-state index contributed by atoms with van der Waals surface area (Å²) < 4.78 is 4.70. The Bertz CT molecular complexity index is 931. The number of carbonyl (C=O) groups is 3. The second kappa shape index (κ2) is 9.11. The Hall–Kier alpha value is -2.37. The fourth-order valence-corrected chi connectivity index (χ4v) is 7.01. The summed E-state index contributed by atoms with van der Waals surface area (Å²) in [7, 11) is 2.86. The predicted octanol–water partition coefficient (Wildman–Crippen LogP) is 4.76. The Morgan fingerprint density at radius 1 is 1.30 bits per heavy atom. The summed E-state index contributed by atoms with van der Waals surface area (Å²) in [5, 5.41) is 11.8. The molecule has 0 aromatic carbocycles. The number of carbonyl (C=O) groups excluding carboxylic acids is 3. The van der Waals surface area contributed by atoms with E-state index in [-0.39, 0.29) is 41.4 Å². The zero-order valence-electron chi connectivity index (χ0n) is 21.1. The average Bonchev–Trinajstić information content (AvgIpc) is 2.96. The summed E-state index contributed by atoms with van der Waals surface area (Å²) in [5.41, 5.74) is 0.146. The van der Waals surface area contributed by atoms with Crippen LogP contribution in [0.1, 0.15) is 66.7 Å². The number of aliphatic hydroxyl groups excluding tert-OH is 1. The number of aliphatic hydroxyl groups is 1. The van der Waals surface area contributed by atoms with E-state index in [0.717, 1.165) is 24.8 Å². The molecule has 0 bridgehead atoms. The number of likely N-dealkylation sites (N-methyl/N-ethyl adjacent to an activating group) is 1. The molecule has 0 radical (unpaired) electrons. The highest BCUT2D eigenvalue weighted by molar-refractivity contribution is 6.26. The number of likely N-dealkylation sites (tertiary alicyclic amines) is 1. The van der Waals surface area contributed by atoms with E-state index in [0.29, 0.717) is 5.92 Å². The van der Waals surface area contributed by atoms with Crippen molar-refractivity contribution in [3.05, 3.63) is 35.1 Å². The Morgan fingerprint density at radius 3 is 2.58 bits per heavy atom. The lowest BCUT2D eigenvalue weighted by atomic mass is 9.47. The molecule has 1 saturated carbocycles. The number of ketones is 1. The molecule has 2 fully saturated rings. The van der Waals surface area contributed by atoms with Gasteiger partial charge < -0.3 is 14.7 Å². The Morgan fingerprint density at radius 2 is 1.97 bits per heavy atom. The van der Waals surface area contributed by atoms with Gasteiger partial charge in [-0.2, -0.15) is 0 Å². The molecule has 0 spiro atoms. The first-order valence-electron chi connectivity index (χ1n) is 12.1.